The van der Waals surface area contributed by atoms with Gasteiger partial charge in [0.25, 0.3) is 0 Å². The molecule has 94 valence electrons. The largest absolute Gasteiger partial charge is 0.380 e. The standard InChI is InChI=1S/C12H20N4O/c1-4-9-10(5-2)15-16-11(14-9)13-6-12(3)7-17-8-12/h4-8H2,1-3H3,(H,13,14,16). The molecule has 0 radical (unpaired) electrons. The van der Waals surface area contributed by atoms with E-state index in [2.05, 4.69) is 41.3 Å². The number of anilines is 1. The van der Waals surface area contributed by atoms with Gasteiger partial charge in [0, 0.05) is 12.0 Å². The summed E-state index contributed by atoms with van der Waals surface area (Å²) in [5, 5.41) is 11.6. The van der Waals surface area contributed by atoms with Gasteiger partial charge < -0.3 is 10.1 Å². The number of aryl methyl sites for hydroxylation is 2. The summed E-state index contributed by atoms with van der Waals surface area (Å²) in [7, 11) is 0. The number of nitrogens with one attached hydrogen (secondary N) is 1. The topological polar surface area (TPSA) is 59.9 Å². The summed E-state index contributed by atoms with van der Waals surface area (Å²) in [5.41, 5.74) is 2.26. The van der Waals surface area contributed by atoms with Gasteiger partial charge in [0.05, 0.1) is 24.6 Å². The molecule has 1 aromatic rings. The van der Waals surface area contributed by atoms with E-state index in [4.69, 9.17) is 4.74 Å². The maximum absolute atomic E-state index is 5.21. The van der Waals surface area contributed by atoms with Crippen LogP contribution in [0.3, 0.4) is 0 Å². The van der Waals surface area contributed by atoms with Crippen molar-refractivity contribution in [3.05, 3.63) is 11.4 Å². The zero-order valence-corrected chi connectivity index (χ0v) is 10.8. The lowest BCUT2D eigenvalue weighted by molar-refractivity contribution is -0.0925. The first-order chi connectivity index (χ1) is 8.17. The van der Waals surface area contributed by atoms with Crippen molar-refractivity contribution < 1.29 is 4.74 Å². The van der Waals surface area contributed by atoms with Gasteiger partial charge in [-0.05, 0) is 12.8 Å². The van der Waals surface area contributed by atoms with E-state index in [1.165, 1.54) is 0 Å². The summed E-state index contributed by atoms with van der Waals surface area (Å²) in [5.74, 6) is 0.632. The highest BCUT2D eigenvalue weighted by molar-refractivity contribution is 5.26. The Balaban J connectivity index is 2.01. The van der Waals surface area contributed by atoms with E-state index in [9.17, 15) is 0 Å². The van der Waals surface area contributed by atoms with Crippen molar-refractivity contribution in [2.45, 2.75) is 33.6 Å². The van der Waals surface area contributed by atoms with Crippen molar-refractivity contribution in [3.8, 4) is 0 Å². The van der Waals surface area contributed by atoms with E-state index >= 15 is 0 Å². The summed E-state index contributed by atoms with van der Waals surface area (Å²) in [4.78, 5) is 4.50. The van der Waals surface area contributed by atoms with E-state index in [1.54, 1.807) is 0 Å². The van der Waals surface area contributed by atoms with Crippen LogP contribution in [-0.2, 0) is 17.6 Å². The van der Waals surface area contributed by atoms with Crippen LogP contribution in [0.2, 0.25) is 0 Å². The molecule has 1 aliphatic rings. The zero-order chi connectivity index (χ0) is 12.3. The molecule has 0 aliphatic carbocycles. The fourth-order valence-electron chi connectivity index (χ4n) is 1.86. The molecule has 0 spiro atoms. The summed E-state index contributed by atoms with van der Waals surface area (Å²) in [6.45, 7) is 8.81. The molecule has 5 nitrogen and oxygen atoms in total. The molecule has 1 aromatic heterocycles. The van der Waals surface area contributed by atoms with Crippen LogP contribution in [-0.4, -0.2) is 34.9 Å². The molecule has 2 rings (SSSR count). The molecule has 1 N–H and O–H groups in total. The van der Waals surface area contributed by atoms with Gasteiger partial charge in [-0.15, -0.1) is 5.10 Å². The summed E-state index contributed by atoms with van der Waals surface area (Å²) in [6, 6.07) is 0. The highest BCUT2D eigenvalue weighted by atomic mass is 16.5. The van der Waals surface area contributed by atoms with Crippen molar-refractivity contribution in [1.82, 2.24) is 15.2 Å². The van der Waals surface area contributed by atoms with Gasteiger partial charge >= 0.3 is 0 Å². The van der Waals surface area contributed by atoms with Crippen LogP contribution in [0.1, 0.15) is 32.2 Å². The lowest BCUT2D eigenvalue weighted by atomic mass is 9.89. The SMILES string of the molecule is CCc1nnc(NCC2(C)COC2)nc1CC. The lowest BCUT2D eigenvalue weighted by Gasteiger charge is -2.37. The predicted molar refractivity (Wildman–Crippen MR) is 66.0 cm³/mol. The number of ether oxygens (including phenoxy) is 1. The molecule has 17 heavy (non-hydrogen) atoms. The van der Waals surface area contributed by atoms with E-state index < -0.39 is 0 Å². The maximum Gasteiger partial charge on any atom is 0.242 e. The number of aromatic nitrogens is 3. The Morgan fingerprint density at radius 2 is 1.88 bits per heavy atom. The van der Waals surface area contributed by atoms with Crippen LogP contribution in [0.4, 0.5) is 5.95 Å². The van der Waals surface area contributed by atoms with E-state index in [1.807, 2.05) is 0 Å². The Morgan fingerprint density at radius 3 is 2.41 bits per heavy atom. The molecule has 2 heterocycles. The minimum atomic E-state index is 0.221. The third-order valence-electron chi connectivity index (χ3n) is 3.08. The maximum atomic E-state index is 5.21. The molecule has 0 unspecified atom stereocenters. The molecule has 1 fully saturated rings. The van der Waals surface area contributed by atoms with Gasteiger partial charge in [0.2, 0.25) is 5.95 Å². The van der Waals surface area contributed by atoms with Crippen LogP contribution in [0.25, 0.3) is 0 Å². The molecule has 0 aromatic carbocycles. The highest BCUT2D eigenvalue weighted by Crippen LogP contribution is 2.26. The van der Waals surface area contributed by atoms with Gasteiger partial charge in [-0.3, -0.25) is 0 Å². The Bertz CT molecular complexity index is 390. The fraction of sp³-hybridized carbons (Fsp3) is 0.750. The molecule has 1 aliphatic heterocycles. The first-order valence-corrected chi connectivity index (χ1v) is 6.21. The Labute approximate surface area is 102 Å². The second-order valence-corrected chi connectivity index (χ2v) is 4.89. The third-order valence-corrected chi connectivity index (χ3v) is 3.08. The van der Waals surface area contributed by atoms with Gasteiger partial charge in [-0.25, -0.2) is 4.98 Å². The van der Waals surface area contributed by atoms with Crippen LogP contribution < -0.4 is 5.32 Å². The average molecular weight is 236 g/mol. The number of hydrogen-bond donors (Lipinski definition) is 1. The van der Waals surface area contributed by atoms with E-state index in [0.29, 0.717) is 5.95 Å². The average Bonchev–Trinajstić information content (AvgIpc) is 2.33. The number of hydrogen-bond acceptors (Lipinski definition) is 5. The number of rotatable bonds is 5. The van der Waals surface area contributed by atoms with Crippen LogP contribution in [0.15, 0.2) is 0 Å². The van der Waals surface area contributed by atoms with Crippen molar-refractivity contribution in [3.63, 3.8) is 0 Å². The monoisotopic (exact) mass is 236 g/mol. The molecule has 0 saturated carbocycles. The van der Waals surface area contributed by atoms with E-state index in [0.717, 1.165) is 44.0 Å². The highest BCUT2D eigenvalue weighted by Gasteiger charge is 2.33. The Morgan fingerprint density at radius 1 is 1.18 bits per heavy atom. The van der Waals surface area contributed by atoms with Crippen molar-refractivity contribution >= 4 is 5.95 Å². The fourth-order valence-corrected chi connectivity index (χ4v) is 1.86. The molecule has 0 amide bonds. The van der Waals surface area contributed by atoms with Gasteiger partial charge in [-0.1, -0.05) is 20.8 Å². The summed E-state index contributed by atoms with van der Waals surface area (Å²) >= 11 is 0. The Kier molecular flexibility index (Phi) is 3.57. The molecular formula is C12H20N4O. The minimum absolute atomic E-state index is 0.221. The third kappa shape index (κ3) is 2.72. The minimum Gasteiger partial charge on any atom is -0.380 e. The molecular weight excluding hydrogens is 216 g/mol. The molecule has 0 bridgehead atoms. The van der Waals surface area contributed by atoms with Gasteiger partial charge in [0.1, 0.15) is 0 Å². The second-order valence-electron chi connectivity index (χ2n) is 4.89. The molecule has 5 heteroatoms. The van der Waals surface area contributed by atoms with Gasteiger partial charge in [-0.2, -0.15) is 5.10 Å². The lowest BCUT2D eigenvalue weighted by Crippen LogP contribution is -2.45. The zero-order valence-electron chi connectivity index (χ0n) is 10.8. The smallest absolute Gasteiger partial charge is 0.242 e. The summed E-state index contributed by atoms with van der Waals surface area (Å²) in [6.07, 6.45) is 1.78. The van der Waals surface area contributed by atoms with Crippen LogP contribution >= 0.6 is 0 Å². The second kappa shape index (κ2) is 4.96. The number of nitrogens with zero attached hydrogens (tertiary/aromatic N) is 3. The predicted octanol–water partition coefficient (Wildman–Crippen LogP) is 1.44. The normalized spacial score (nSPS) is 17.6. The first kappa shape index (κ1) is 12.2. The van der Waals surface area contributed by atoms with Crippen molar-refractivity contribution in [1.29, 1.82) is 0 Å². The van der Waals surface area contributed by atoms with Crippen molar-refractivity contribution in [2.75, 3.05) is 25.1 Å². The Hall–Kier alpha value is -1.23. The molecule has 1 saturated heterocycles. The first-order valence-electron chi connectivity index (χ1n) is 6.21. The van der Waals surface area contributed by atoms with Crippen LogP contribution in [0.5, 0.6) is 0 Å². The molecule has 0 atom stereocenters. The summed E-state index contributed by atoms with van der Waals surface area (Å²) < 4.78 is 5.21. The van der Waals surface area contributed by atoms with Gasteiger partial charge in [0.15, 0.2) is 0 Å². The van der Waals surface area contributed by atoms with Crippen molar-refractivity contribution in [2.24, 2.45) is 5.41 Å². The quantitative estimate of drug-likeness (QED) is 0.838. The van der Waals surface area contributed by atoms with E-state index in [-0.39, 0.29) is 5.41 Å². The van der Waals surface area contributed by atoms with Crippen LogP contribution in [0, 0.1) is 5.41 Å².